The number of carboxylic acid groups (broad SMARTS) is 2. The van der Waals surface area contributed by atoms with Gasteiger partial charge >= 0.3 is 11.9 Å². The van der Waals surface area contributed by atoms with Crippen LogP contribution in [0.2, 0.25) is 0 Å². The molecule has 0 rings (SSSR count). The molecule has 24 heavy (non-hydrogen) atoms. The van der Waals surface area contributed by atoms with Crippen molar-refractivity contribution in [3.05, 3.63) is 0 Å². The van der Waals surface area contributed by atoms with Crippen LogP contribution in [-0.4, -0.2) is 34.7 Å². The zero-order valence-electron chi connectivity index (χ0n) is 16.0. The zero-order valence-corrected chi connectivity index (χ0v) is 21.7. The van der Waals surface area contributed by atoms with Gasteiger partial charge in [-0.3, -0.25) is 22.2 Å². The molecule has 2 radical (unpaired) electrons. The maximum absolute atomic E-state index is 9.70. The van der Waals surface area contributed by atoms with Crippen molar-refractivity contribution < 1.29 is 94.8 Å². The molecule has 0 aromatic heterocycles. The normalized spacial score (nSPS) is 8.17. The third kappa shape index (κ3) is 66.6. The second kappa shape index (κ2) is 28.3. The van der Waals surface area contributed by atoms with Gasteiger partial charge in [0.1, 0.15) is 0 Å². The smallest absolute Gasteiger partial charge is 0.305 e. The largest absolute Gasteiger partial charge is 0.542 e. The molecule has 0 heterocycles. The third-order valence-corrected chi connectivity index (χ3v) is 1.46. The quantitative estimate of drug-likeness (QED) is 0.580. The van der Waals surface area contributed by atoms with Crippen molar-refractivity contribution in [1.82, 2.24) is 0 Å². The average molecular weight is 496 g/mol. The molecule has 0 aromatic rings. The Balaban J connectivity index is -0.0000000439. The Hall–Kier alpha value is 0.488. The Labute approximate surface area is 196 Å². The van der Waals surface area contributed by atoms with Crippen LogP contribution in [0.1, 0.15) is 55.4 Å². The van der Waals surface area contributed by atoms with Gasteiger partial charge in [-0.2, -0.15) is 0 Å². The Morgan fingerprint density at radius 2 is 0.708 bits per heavy atom. The minimum absolute atomic E-state index is 0. The Bertz CT molecular complexity index is 273. The second-order valence-corrected chi connectivity index (χ2v) is 5.53. The monoisotopic (exact) mass is 496 g/mol. The predicted octanol–water partition coefficient (Wildman–Crippen LogP) is 2.95. The van der Waals surface area contributed by atoms with E-state index in [2.05, 4.69) is 0 Å². The standard InChI is InChI=1S/2C4H8O2.2C4H7O.2Y/c2*1-3(2)4(5)6;2*1-4(2)3-5;;/h2*3H,1-2H3,(H,5,6);2*4H,1-2H3;;/q;;2*-1;;. The molecule has 0 amide bonds. The van der Waals surface area contributed by atoms with Crippen molar-refractivity contribution in [2.75, 3.05) is 0 Å². The topological polar surface area (TPSA) is 109 Å². The number of aliphatic carboxylic acids is 2. The van der Waals surface area contributed by atoms with E-state index < -0.39 is 11.9 Å². The maximum atomic E-state index is 9.70. The van der Waals surface area contributed by atoms with E-state index in [4.69, 9.17) is 10.2 Å². The molecule has 0 saturated heterocycles. The molecule has 0 spiro atoms. The number of hydrogen-bond acceptors (Lipinski definition) is 4. The summed E-state index contributed by atoms with van der Waals surface area (Å²) in [5, 5.41) is 16.0. The van der Waals surface area contributed by atoms with Crippen LogP contribution >= 0.6 is 0 Å². The van der Waals surface area contributed by atoms with Crippen molar-refractivity contribution in [2.45, 2.75) is 55.4 Å². The van der Waals surface area contributed by atoms with Crippen LogP contribution in [0.3, 0.4) is 0 Å². The minimum atomic E-state index is -0.741. The molecule has 0 fully saturated rings. The van der Waals surface area contributed by atoms with Crippen molar-refractivity contribution >= 4 is 24.5 Å². The predicted molar refractivity (Wildman–Crippen MR) is 86.0 cm³/mol. The van der Waals surface area contributed by atoms with E-state index in [1.54, 1.807) is 68.0 Å². The van der Waals surface area contributed by atoms with Gasteiger partial charge in [0.2, 0.25) is 0 Å². The first-order valence-electron chi connectivity index (χ1n) is 7.04. The van der Waals surface area contributed by atoms with Crippen molar-refractivity contribution in [3.8, 4) is 0 Å². The molecule has 0 aromatic carbocycles. The fourth-order valence-corrected chi connectivity index (χ4v) is 0. The van der Waals surface area contributed by atoms with Gasteiger partial charge in [-0.25, -0.2) is 0 Å². The van der Waals surface area contributed by atoms with Crippen molar-refractivity contribution in [3.63, 3.8) is 0 Å². The van der Waals surface area contributed by atoms with Crippen LogP contribution in [0.4, 0.5) is 0 Å². The van der Waals surface area contributed by atoms with Crippen LogP contribution in [0.25, 0.3) is 0 Å². The van der Waals surface area contributed by atoms with Crippen LogP contribution < -0.4 is 0 Å². The van der Waals surface area contributed by atoms with Gasteiger partial charge in [0.05, 0.1) is 11.8 Å². The summed E-state index contributed by atoms with van der Waals surface area (Å²) < 4.78 is 0. The summed E-state index contributed by atoms with van der Waals surface area (Å²) in [4.78, 5) is 38.2. The van der Waals surface area contributed by atoms with Gasteiger partial charge in [-0.1, -0.05) is 55.4 Å². The fraction of sp³-hybridized carbons (Fsp3) is 0.750. The number of hydrogen-bond donors (Lipinski definition) is 2. The molecule has 2 N–H and O–H groups in total. The van der Waals surface area contributed by atoms with Crippen LogP contribution in [0.15, 0.2) is 0 Å². The van der Waals surface area contributed by atoms with Gasteiger partial charge in [0, 0.05) is 65.4 Å². The van der Waals surface area contributed by atoms with Gasteiger partial charge in [0.15, 0.2) is 0 Å². The number of carbonyl (C=O) groups is 2. The molecule has 138 valence electrons. The average Bonchev–Trinajstić information content (AvgIpc) is 2.40. The summed E-state index contributed by atoms with van der Waals surface area (Å²) in [5.41, 5.74) is 0. The van der Waals surface area contributed by atoms with E-state index in [1.165, 1.54) is 0 Å². The molecule has 0 aliphatic heterocycles. The van der Waals surface area contributed by atoms with E-state index in [-0.39, 0.29) is 89.1 Å². The van der Waals surface area contributed by atoms with Crippen molar-refractivity contribution in [1.29, 1.82) is 0 Å². The summed E-state index contributed by atoms with van der Waals surface area (Å²) in [7, 11) is 0. The van der Waals surface area contributed by atoms with E-state index in [0.717, 1.165) is 0 Å². The SMILES string of the molecule is CC(C)C(=O)O.CC(C)C(=O)O.CC(C)[C-]=O.CC(C)[C-]=O.[Y].[Y]. The molecule has 0 atom stereocenters. The minimum Gasteiger partial charge on any atom is -0.542 e. The van der Waals surface area contributed by atoms with E-state index in [0.29, 0.717) is 0 Å². The maximum Gasteiger partial charge on any atom is 0.305 e. The van der Waals surface area contributed by atoms with Crippen molar-refractivity contribution in [2.24, 2.45) is 23.7 Å². The molecule has 0 unspecified atom stereocenters. The van der Waals surface area contributed by atoms with Gasteiger partial charge in [-0.15, -0.1) is 11.8 Å². The third-order valence-electron chi connectivity index (χ3n) is 1.46. The number of carboxylic acids is 2. The van der Waals surface area contributed by atoms with E-state index >= 15 is 0 Å². The van der Waals surface area contributed by atoms with Crippen LogP contribution in [0, 0.1) is 23.7 Å². The zero-order chi connectivity index (χ0) is 18.9. The second-order valence-electron chi connectivity index (χ2n) is 5.53. The summed E-state index contributed by atoms with van der Waals surface area (Å²) in [6.45, 7) is 13.8. The first kappa shape index (κ1) is 39.5. The summed E-state index contributed by atoms with van der Waals surface area (Å²) in [5.74, 6) is -1.79. The molecule has 8 heteroatoms. The molecule has 0 aliphatic rings. The summed E-state index contributed by atoms with van der Waals surface area (Å²) in [6, 6.07) is 0. The molecule has 0 saturated carbocycles. The van der Waals surface area contributed by atoms with Crippen LogP contribution in [0.5, 0.6) is 0 Å². The van der Waals surface area contributed by atoms with E-state index in [9.17, 15) is 19.2 Å². The Kier molecular flexibility index (Phi) is 46.6. The first-order valence-corrected chi connectivity index (χ1v) is 7.04. The van der Waals surface area contributed by atoms with Crippen LogP contribution in [-0.2, 0) is 84.6 Å². The number of rotatable bonds is 4. The van der Waals surface area contributed by atoms with Gasteiger partial charge in [-0.05, 0) is 0 Å². The number of carbonyl (C=O) groups excluding carboxylic acids is 2. The molecular weight excluding hydrogens is 466 g/mol. The summed E-state index contributed by atoms with van der Waals surface area (Å²) >= 11 is 0. The molecule has 0 aliphatic carbocycles. The molecule has 0 bridgehead atoms. The Morgan fingerprint density at radius 1 is 0.625 bits per heavy atom. The van der Waals surface area contributed by atoms with Gasteiger partial charge < -0.3 is 19.8 Å². The molecular formula is C16H30O6Y2-2. The first-order chi connectivity index (χ1) is 9.83. The Morgan fingerprint density at radius 3 is 0.708 bits per heavy atom. The van der Waals surface area contributed by atoms with E-state index in [1.807, 2.05) is 0 Å². The van der Waals surface area contributed by atoms with Gasteiger partial charge in [0.25, 0.3) is 0 Å². The fourth-order valence-electron chi connectivity index (χ4n) is 0. The summed E-state index contributed by atoms with van der Waals surface area (Å²) in [6.07, 6.45) is 3.56. The molecule has 6 nitrogen and oxygen atoms in total.